The van der Waals surface area contributed by atoms with Gasteiger partial charge in [0.05, 0.1) is 27.7 Å². The fraction of sp³-hybridized carbons (Fsp3) is 0.0667. The lowest BCUT2D eigenvalue weighted by Crippen LogP contribution is -2.03. The summed E-state index contributed by atoms with van der Waals surface area (Å²) in [5.41, 5.74) is 5.21. The van der Waals surface area contributed by atoms with Gasteiger partial charge in [-0.25, -0.2) is 9.78 Å². The molecule has 0 unspecified atom stereocenters. The van der Waals surface area contributed by atoms with Crippen molar-refractivity contribution in [2.75, 3.05) is 7.11 Å². The van der Waals surface area contributed by atoms with Gasteiger partial charge in [0, 0.05) is 28.2 Å². The van der Waals surface area contributed by atoms with Crippen LogP contribution in [0.25, 0.3) is 33.9 Å². The number of nitrogens with zero attached hydrogens (tertiary/aromatic N) is 2. The molecule has 5 aromatic rings. The molecule has 8 heteroatoms. The third-order valence-electron chi connectivity index (χ3n) is 5.94. The van der Waals surface area contributed by atoms with Gasteiger partial charge in [-0.2, -0.15) is 0 Å². The highest BCUT2D eigenvalue weighted by molar-refractivity contribution is 7.19. The number of benzene rings is 3. The molecule has 0 atom stereocenters. The van der Waals surface area contributed by atoms with E-state index in [2.05, 4.69) is 24.3 Å². The van der Waals surface area contributed by atoms with E-state index in [1.165, 1.54) is 7.11 Å². The molecule has 0 aliphatic carbocycles. The molecule has 3 aromatic carbocycles. The van der Waals surface area contributed by atoms with Crippen molar-refractivity contribution in [1.82, 2.24) is 9.55 Å². The third-order valence-corrected chi connectivity index (χ3v) is 7.76. The van der Waals surface area contributed by atoms with Crippen molar-refractivity contribution in [1.29, 1.82) is 0 Å². The Morgan fingerprint density at radius 3 is 2.37 bits per heavy atom. The average Bonchev–Trinajstić information content (AvgIpc) is 3.53. The van der Waals surface area contributed by atoms with Gasteiger partial charge >= 0.3 is 5.97 Å². The molecule has 0 aliphatic rings. The lowest BCUT2D eigenvalue weighted by molar-refractivity contribution is 0.0600. The Kier molecular flexibility index (Phi) is 8.01. The van der Waals surface area contributed by atoms with Gasteiger partial charge in [0.2, 0.25) is 0 Å². The average molecular weight is 580 g/mol. The quantitative estimate of drug-likeness (QED) is 0.181. The van der Waals surface area contributed by atoms with Gasteiger partial charge in [-0.15, -0.1) is 11.3 Å². The molecule has 0 amide bonds. The minimum absolute atomic E-state index is 0.365. The normalized spacial score (nSPS) is 11.3. The van der Waals surface area contributed by atoms with E-state index < -0.39 is 0 Å². The highest BCUT2D eigenvalue weighted by Crippen LogP contribution is 2.32. The van der Waals surface area contributed by atoms with Crippen molar-refractivity contribution in [2.24, 2.45) is 0 Å². The van der Waals surface area contributed by atoms with Crippen molar-refractivity contribution in [3.63, 3.8) is 0 Å². The molecule has 5 rings (SSSR count). The van der Waals surface area contributed by atoms with Crippen LogP contribution in [0.2, 0.25) is 14.4 Å². The number of carbonyl (C=O) groups excluding carboxylic acids is 1. The van der Waals surface area contributed by atoms with Crippen LogP contribution in [0.15, 0.2) is 85.1 Å². The number of imidazole rings is 1. The highest BCUT2D eigenvalue weighted by atomic mass is 35.5. The second kappa shape index (κ2) is 11.6. The highest BCUT2D eigenvalue weighted by Gasteiger charge is 2.13. The first kappa shape index (κ1) is 26.3. The molecule has 190 valence electrons. The van der Waals surface area contributed by atoms with Gasteiger partial charge in [-0.3, -0.25) is 0 Å². The van der Waals surface area contributed by atoms with Crippen molar-refractivity contribution in [3.05, 3.63) is 122 Å². The Hall–Kier alpha value is -3.35. The van der Waals surface area contributed by atoms with Crippen LogP contribution in [-0.4, -0.2) is 22.6 Å². The monoisotopic (exact) mass is 578 g/mol. The fourth-order valence-corrected chi connectivity index (χ4v) is 5.53. The number of hydrogen-bond donors (Lipinski definition) is 0. The Morgan fingerprint density at radius 2 is 1.71 bits per heavy atom. The molecule has 0 saturated heterocycles. The first-order valence-corrected chi connectivity index (χ1v) is 13.6. The number of esters is 1. The number of halogens is 3. The van der Waals surface area contributed by atoms with Gasteiger partial charge in [0.1, 0.15) is 5.82 Å². The maximum absolute atomic E-state index is 11.8. The topological polar surface area (TPSA) is 44.1 Å². The Morgan fingerprint density at radius 1 is 0.947 bits per heavy atom. The van der Waals surface area contributed by atoms with E-state index in [0.717, 1.165) is 43.0 Å². The maximum Gasteiger partial charge on any atom is 0.337 e. The number of rotatable bonds is 7. The molecule has 38 heavy (non-hydrogen) atoms. The van der Waals surface area contributed by atoms with Crippen molar-refractivity contribution in [3.8, 4) is 21.7 Å². The SMILES string of the molecule is COC(=O)c1ccc(Cn2cc(-c3ccc(Cl)cc3Cl)nc2C=Cc2ccc(-c3ccc(Cl)s3)cc2)cc1. The summed E-state index contributed by atoms with van der Waals surface area (Å²) in [6.45, 7) is 0.553. The van der Waals surface area contributed by atoms with Crippen molar-refractivity contribution < 1.29 is 9.53 Å². The van der Waals surface area contributed by atoms with Gasteiger partial charge in [0.15, 0.2) is 0 Å². The number of aromatic nitrogens is 2. The van der Waals surface area contributed by atoms with E-state index >= 15 is 0 Å². The first-order chi connectivity index (χ1) is 18.4. The zero-order valence-electron chi connectivity index (χ0n) is 20.2. The van der Waals surface area contributed by atoms with Gasteiger partial charge in [-0.1, -0.05) is 77.3 Å². The standard InChI is InChI=1S/C30H21Cl3N2O2S/c1-37-30(36)22-9-4-20(5-10-22)17-35-18-26(24-12-11-23(31)16-25(24)32)34-29(35)15-6-19-2-7-21(8-3-19)27-13-14-28(33)38-27/h2-16,18H,17H2,1H3. The van der Waals surface area contributed by atoms with Crippen LogP contribution >= 0.6 is 46.1 Å². The number of carbonyl (C=O) groups is 1. The number of thiophene rings is 1. The Labute approximate surface area is 239 Å². The largest absolute Gasteiger partial charge is 0.465 e. The van der Waals surface area contributed by atoms with E-state index in [0.29, 0.717) is 22.2 Å². The number of ether oxygens (including phenoxy) is 1. The van der Waals surface area contributed by atoms with Gasteiger partial charge in [0.25, 0.3) is 0 Å². The van der Waals surface area contributed by atoms with Crippen LogP contribution in [0.5, 0.6) is 0 Å². The fourth-order valence-electron chi connectivity index (χ4n) is 3.98. The van der Waals surface area contributed by atoms with Gasteiger partial charge < -0.3 is 9.30 Å². The van der Waals surface area contributed by atoms with Crippen LogP contribution < -0.4 is 0 Å². The zero-order chi connectivity index (χ0) is 26.6. The summed E-state index contributed by atoms with van der Waals surface area (Å²) in [5.74, 6) is 0.396. The third kappa shape index (κ3) is 6.03. The molecule has 0 aliphatic heterocycles. The molecule has 0 bridgehead atoms. The first-order valence-electron chi connectivity index (χ1n) is 11.6. The summed E-state index contributed by atoms with van der Waals surface area (Å²) in [4.78, 5) is 17.8. The van der Waals surface area contributed by atoms with E-state index in [1.54, 1.807) is 35.6 Å². The molecule has 2 aromatic heterocycles. The minimum Gasteiger partial charge on any atom is -0.465 e. The molecular weight excluding hydrogens is 559 g/mol. The number of methoxy groups -OCH3 is 1. The van der Waals surface area contributed by atoms with Crippen molar-refractivity contribution >= 4 is 64.3 Å². The molecule has 0 spiro atoms. The summed E-state index contributed by atoms with van der Waals surface area (Å²) in [6, 6.07) is 24.9. The second-order valence-electron chi connectivity index (χ2n) is 8.48. The predicted octanol–water partition coefficient (Wildman–Crippen LogP) is 9.24. The second-order valence-corrected chi connectivity index (χ2v) is 11.0. The van der Waals surface area contributed by atoms with Crippen LogP contribution in [0.1, 0.15) is 27.3 Å². The molecule has 0 fully saturated rings. The molecular formula is C30H21Cl3N2O2S. The minimum atomic E-state index is -0.365. The zero-order valence-corrected chi connectivity index (χ0v) is 23.3. The predicted molar refractivity (Wildman–Crippen MR) is 158 cm³/mol. The number of hydrogen-bond acceptors (Lipinski definition) is 4. The van der Waals surface area contributed by atoms with Crippen LogP contribution in [0.3, 0.4) is 0 Å². The molecule has 0 saturated carbocycles. The van der Waals surface area contributed by atoms with E-state index in [1.807, 2.05) is 53.2 Å². The lowest BCUT2D eigenvalue weighted by Gasteiger charge is -2.07. The molecule has 0 radical (unpaired) electrons. The summed E-state index contributed by atoms with van der Waals surface area (Å²) >= 11 is 20.2. The van der Waals surface area contributed by atoms with Crippen molar-refractivity contribution in [2.45, 2.75) is 6.54 Å². The Bertz CT molecular complexity index is 1620. The molecule has 4 nitrogen and oxygen atoms in total. The van der Waals surface area contributed by atoms with Crippen LogP contribution in [0.4, 0.5) is 0 Å². The van der Waals surface area contributed by atoms with Crippen LogP contribution in [-0.2, 0) is 11.3 Å². The Balaban J connectivity index is 1.45. The van der Waals surface area contributed by atoms with Gasteiger partial charge in [-0.05, 0) is 65.2 Å². The van der Waals surface area contributed by atoms with E-state index in [9.17, 15) is 4.79 Å². The van der Waals surface area contributed by atoms with E-state index in [-0.39, 0.29) is 5.97 Å². The summed E-state index contributed by atoms with van der Waals surface area (Å²) < 4.78 is 7.62. The summed E-state index contributed by atoms with van der Waals surface area (Å²) in [6.07, 6.45) is 5.97. The van der Waals surface area contributed by atoms with E-state index in [4.69, 9.17) is 44.5 Å². The van der Waals surface area contributed by atoms with Crippen LogP contribution in [0, 0.1) is 0 Å². The summed E-state index contributed by atoms with van der Waals surface area (Å²) in [5, 5.41) is 1.10. The summed E-state index contributed by atoms with van der Waals surface area (Å²) in [7, 11) is 1.37. The smallest absolute Gasteiger partial charge is 0.337 e. The molecule has 0 N–H and O–H groups in total. The lowest BCUT2D eigenvalue weighted by atomic mass is 10.1. The molecule has 2 heterocycles. The maximum atomic E-state index is 11.8.